The lowest BCUT2D eigenvalue weighted by Crippen LogP contribution is -2.31. The molecule has 0 radical (unpaired) electrons. The van der Waals surface area contributed by atoms with Gasteiger partial charge in [0.15, 0.2) is 0 Å². The highest BCUT2D eigenvalue weighted by Gasteiger charge is 2.24. The van der Waals surface area contributed by atoms with E-state index >= 15 is 0 Å². The highest BCUT2D eigenvalue weighted by Crippen LogP contribution is 2.23. The van der Waals surface area contributed by atoms with Crippen molar-refractivity contribution >= 4 is 15.7 Å². The van der Waals surface area contributed by atoms with Crippen LogP contribution in [0.4, 0.5) is 5.69 Å². The first kappa shape index (κ1) is 17.0. The number of aryl methyl sites for hydroxylation is 1. The molecule has 24 heavy (non-hydrogen) atoms. The van der Waals surface area contributed by atoms with Crippen molar-refractivity contribution in [1.29, 1.82) is 0 Å². The minimum absolute atomic E-state index is 0.0440. The number of sulfonamides is 1. The summed E-state index contributed by atoms with van der Waals surface area (Å²) in [5.41, 5.74) is 3.17. The van der Waals surface area contributed by atoms with Gasteiger partial charge >= 0.3 is 0 Å². The van der Waals surface area contributed by atoms with Crippen LogP contribution in [0.5, 0.6) is 0 Å². The fourth-order valence-electron chi connectivity index (χ4n) is 3.07. The molecule has 2 aromatic rings. The second kappa shape index (κ2) is 7.36. The molecule has 1 atom stereocenters. The van der Waals surface area contributed by atoms with Crippen LogP contribution in [0.2, 0.25) is 0 Å². The van der Waals surface area contributed by atoms with E-state index in [1.165, 1.54) is 5.69 Å². The Morgan fingerprint density at radius 1 is 1.08 bits per heavy atom. The Kier molecular flexibility index (Phi) is 5.21. The molecule has 1 aliphatic heterocycles. The molecule has 3 rings (SSSR count). The van der Waals surface area contributed by atoms with Crippen molar-refractivity contribution < 1.29 is 8.42 Å². The van der Waals surface area contributed by atoms with E-state index in [1.54, 1.807) is 0 Å². The number of hydrogen-bond donors (Lipinski definition) is 1. The third-order valence-corrected chi connectivity index (χ3v) is 5.80. The highest BCUT2D eigenvalue weighted by atomic mass is 32.2. The van der Waals surface area contributed by atoms with Crippen molar-refractivity contribution in [3.63, 3.8) is 0 Å². The third kappa shape index (κ3) is 4.58. The zero-order chi connectivity index (χ0) is 17.0. The number of hydrogen-bond acceptors (Lipinski definition) is 3. The summed E-state index contributed by atoms with van der Waals surface area (Å²) in [7, 11) is -3.29. The van der Waals surface area contributed by atoms with Gasteiger partial charge in [-0.15, -0.1) is 0 Å². The smallest absolute Gasteiger partial charge is 0.215 e. The Morgan fingerprint density at radius 3 is 2.50 bits per heavy atom. The fraction of sp³-hybridized carbons (Fsp3) is 0.368. The minimum Gasteiger partial charge on any atom is -0.371 e. The summed E-state index contributed by atoms with van der Waals surface area (Å²) < 4.78 is 27.3. The van der Waals surface area contributed by atoms with Gasteiger partial charge in [0.05, 0.1) is 5.75 Å². The molecular formula is C19H24N2O2S. The first-order chi connectivity index (χ1) is 11.5. The normalized spacial score (nSPS) is 18.0. The van der Waals surface area contributed by atoms with Crippen LogP contribution in [0.25, 0.3) is 0 Å². The van der Waals surface area contributed by atoms with Gasteiger partial charge in [0.1, 0.15) is 0 Å². The van der Waals surface area contributed by atoms with E-state index in [9.17, 15) is 8.42 Å². The standard InChI is InChI=1S/C19H24N2O2S/c1-16-7-9-17(10-8-16)15-24(22,23)20-13-18-11-12-21(14-18)19-5-3-2-4-6-19/h2-10,18,20H,11-15H2,1H3. The number of para-hydroxylation sites is 1. The molecule has 1 saturated heterocycles. The molecule has 0 amide bonds. The number of benzene rings is 2. The van der Waals surface area contributed by atoms with Gasteiger partial charge < -0.3 is 4.90 Å². The van der Waals surface area contributed by atoms with Crippen molar-refractivity contribution in [1.82, 2.24) is 4.72 Å². The average molecular weight is 344 g/mol. The van der Waals surface area contributed by atoms with Crippen LogP contribution in [0, 0.1) is 12.8 Å². The number of nitrogens with zero attached hydrogens (tertiary/aromatic N) is 1. The van der Waals surface area contributed by atoms with Crippen LogP contribution in [-0.4, -0.2) is 28.1 Å². The van der Waals surface area contributed by atoms with E-state index in [4.69, 9.17) is 0 Å². The second-order valence-corrected chi connectivity index (χ2v) is 8.34. The van der Waals surface area contributed by atoms with E-state index < -0.39 is 10.0 Å². The number of anilines is 1. The fourth-order valence-corrected chi connectivity index (χ4v) is 4.30. The predicted molar refractivity (Wildman–Crippen MR) is 98.6 cm³/mol. The van der Waals surface area contributed by atoms with Gasteiger partial charge in [0.2, 0.25) is 10.0 Å². The summed E-state index contributed by atoms with van der Waals surface area (Å²) in [6, 6.07) is 17.9. The maximum Gasteiger partial charge on any atom is 0.215 e. The molecular weight excluding hydrogens is 320 g/mol. The van der Waals surface area contributed by atoms with Gasteiger partial charge in [-0.25, -0.2) is 13.1 Å². The molecule has 1 unspecified atom stereocenters. The molecule has 128 valence electrons. The van der Waals surface area contributed by atoms with Gasteiger partial charge in [0, 0.05) is 25.3 Å². The zero-order valence-electron chi connectivity index (χ0n) is 14.0. The summed E-state index contributed by atoms with van der Waals surface area (Å²) in [5.74, 6) is 0.403. The molecule has 1 N–H and O–H groups in total. The Bertz CT molecular complexity index is 758. The van der Waals surface area contributed by atoms with E-state index in [1.807, 2.05) is 49.4 Å². The molecule has 1 aliphatic rings. The minimum atomic E-state index is -3.29. The van der Waals surface area contributed by atoms with Crippen LogP contribution in [-0.2, 0) is 15.8 Å². The number of rotatable bonds is 6. The molecule has 0 aromatic heterocycles. The maximum atomic E-state index is 12.3. The Morgan fingerprint density at radius 2 is 1.79 bits per heavy atom. The van der Waals surface area contributed by atoms with Crippen molar-refractivity contribution in [2.45, 2.75) is 19.1 Å². The zero-order valence-corrected chi connectivity index (χ0v) is 14.8. The Hall–Kier alpha value is -1.85. The lowest BCUT2D eigenvalue weighted by atomic mass is 10.1. The molecule has 2 aromatic carbocycles. The summed E-state index contributed by atoms with van der Waals surface area (Å²) >= 11 is 0. The van der Waals surface area contributed by atoms with Crippen molar-refractivity contribution in [3.8, 4) is 0 Å². The molecule has 0 saturated carbocycles. The second-order valence-electron chi connectivity index (χ2n) is 6.53. The average Bonchev–Trinajstić information content (AvgIpc) is 3.05. The first-order valence-corrected chi connectivity index (χ1v) is 10.00. The van der Waals surface area contributed by atoms with Gasteiger partial charge in [-0.2, -0.15) is 0 Å². The first-order valence-electron chi connectivity index (χ1n) is 8.35. The van der Waals surface area contributed by atoms with E-state index in [-0.39, 0.29) is 5.75 Å². The summed E-state index contributed by atoms with van der Waals surface area (Å²) in [4.78, 5) is 2.32. The third-order valence-electron chi connectivity index (χ3n) is 4.48. The van der Waals surface area contributed by atoms with Gasteiger partial charge in [-0.05, 0) is 37.0 Å². The maximum absolute atomic E-state index is 12.3. The van der Waals surface area contributed by atoms with Crippen LogP contribution < -0.4 is 9.62 Å². The summed E-state index contributed by atoms with van der Waals surface area (Å²) in [6.45, 7) is 4.39. The Balaban J connectivity index is 1.51. The van der Waals surface area contributed by atoms with Crippen molar-refractivity contribution in [2.24, 2.45) is 5.92 Å². The van der Waals surface area contributed by atoms with Gasteiger partial charge in [-0.3, -0.25) is 0 Å². The quantitative estimate of drug-likeness (QED) is 0.876. The number of nitrogens with one attached hydrogen (secondary N) is 1. The van der Waals surface area contributed by atoms with Crippen LogP contribution in [0.1, 0.15) is 17.5 Å². The highest BCUT2D eigenvalue weighted by molar-refractivity contribution is 7.88. The molecule has 4 nitrogen and oxygen atoms in total. The molecule has 0 aliphatic carbocycles. The van der Waals surface area contributed by atoms with E-state index in [0.717, 1.165) is 30.6 Å². The van der Waals surface area contributed by atoms with Gasteiger partial charge in [0.25, 0.3) is 0 Å². The lowest BCUT2D eigenvalue weighted by molar-refractivity contribution is 0.541. The van der Waals surface area contributed by atoms with Crippen molar-refractivity contribution in [2.75, 3.05) is 24.5 Å². The molecule has 1 heterocycles. The largest absolute Gasteiger partial charge is 0.371 e. The SMILES string of the molecule is Cc1ccc(CS(=O)(=O)NCC2CCN(c3ccccc3)C2)cc1. The molecule has 5 heteroatoms. The molecule has 0 bridgehead atoms. The van der Waals surface area contributed by atoms with E-state index in [2.05, 4.69) is 21.8 Å². The Labute approximate surface area is 144 Å². The van der Waals surface area contributed by atoms with E-state index in [0.29, 0.717) is 12.5 Å². The predicted octanol–water partition coefficient (Wildman–Crippen LogP) is 2.94. The van der Waals surface area contributed by atoms with Crippen LogP contribution >= 0.6 is 0 Å². The van der Waals surface area contributed by atoms with Crippen LogP contribution in [0.3, 0.4) is 0 Å². The molecule has 0 spiro atoms. The topological polar surface area (TPSA) is 49.4 Å². The summed E-state index contributed by atoms with van der Waals surface area (Å²) in [5, 5.41) is 0. The summed E-state index contributed by atoms with van der Waals surface area (Å²) in [6.07, 6.45) is 1.02. The van der Waals surface area contributed by atoms with Gasteiger partial charge in [-0.1, -0.05) is 48.0 Å². The van der Waals surface area contributed by atoms with Crippen molar-refractivity contribution in [3.05, 3.63) is 65.7 Å². The monoisotopic (exact) mass is 344 g/mol. The van der Waals surface area contributed by atoms with Crippen LogP contribution in [0.15, 0.2) is 54.6 Å². The lowest BCUT2D eigenvalue weighted by Gasteiger charge is -2.18. The molecule has 1 fully saturated rings.